The molecule has 0 atom stereocenters. The third-order valence-electron chi connectivity index (χ3n) is 2.10. The fraction of sp³-hybridized carbons (Fsp3) is 0. The Kier molecular flexibility index (Phi) is 2.48. The van der Waals surface area contributed by atoms with Crippen molar-refractivity contribution in [3.63, 3.8) is 0 Å². The second-order valence-electron chi connectivity index (χ2n) is 3.20. The van der Waals surface area contributed by atoms with E-state index in [-0.39, 0.29) is 17.1 Å². The maximum Gasteiger partial charge on any atom is 0.163 e. The number of nitrogen functional groups attached to an aromatic ring is 1. The van der Waals surface area contributed by atoms with Crippen LogP contribution in [0.4, 0.5) is 19.0 Å². The number of nitriles is 1. The van der Waals surface area contributed by atoms with Crippen LogP contribution in [-0.4, -0.2) is 9.78 Å². The van der Waals surface area contributed by atoms with Crippen LogP contribution in [0.2, 0.25) is 0 Å². The molecule has 0 saturated carbocycles. The Morgan fingerprint density at radius 2 is 1.82 bits per heavy atom. The molecule has 0 aliphatic heterocycles. The van der Waals surface area contributed by atoms with Gasteiger partial charge in [-0.05, 0) is 0 Å². The highest BCUT2D eigenvalue weighted by Crippen LogP contribution is 2.19. The minimum atomic E-state index is -1.30. The van der Waals surface area contributed by atoms with Gasteiger partial charge in [0, 0.05) is 12.1 Å². The largest absolute Gasteiger partial charge is 0.381 e. The smallest absolute Gasteiger partial charge is 0.163 e. The van der Waals surface area contributed by atoms with Gasteiger partial charge < -0.3 is 5.73 Å². The maximum atomic E-state index is 13.4. The lowest BCUT2D eigenvalue weighted by Gasteiger charge is -2.03. The van der Waals surface area contributed by atoms with E-state index in [2.05, 4.69) is 5.10 Å². The normalized spacial score (nSPS) is 10.2. The third kappa shape index (κ3) is 1.80. The Morgan fingerprint density at radius 3 is 2.41 bits per heavy atom. The summed E-state index contributed by atoms with van der Waals surface area (Å²) < 4.78 is 39.9. The molecule has 86 valence electrons. The van der Waals surface area contributed by atoms with Crippen LogP contribution in [0.15, 0.2) is 18.3 Å². The van der Waals surface area contributed by atoms with Crippen molar-refractivity contribution in [2.45, 2.75) is 0 Å². The van der Waals surface area contributed by atoms with Gasteiger partial charge in [0.25, 0.3) is 0 Å². The van der Waals surface area contributed by atoms with E-state index >= 15 is 0 Å². The van der Waals surface area contributed by atoms with Crippen molar-refractivity contribution in [3.05, 3.63) is 41.3 Å². The van der Waals surface area contributed by atoms with E-state index in [1.807, 2.05) is 0 Å². The summed E-state index contributed by atoms with van der Waals surface area (Å²) in [4.78, 5) is 0. The highest BCUT2D eigenvalue weighted by atomic mass is 19.2. The van der Waals surface area contributed by atoms with Gasteiger partial charge in [0.05, 0.1) is 6.20 Å². The maximum absolute atomic E-state index is 13.4. The van der Waals surface area contributed by atoms with Gasteiger partial charge in [-0.15, -0.1) is 5.10 Å². The molecule has 0 fully saturated rings. The second kappa shape index (κ2) is 3.83. The van der Waals surface area contributed by atoms with Gasteiger partial charge in [-0.2, -0.15) is 5.26 Å². The second-order valence-corrected chi connectivity index (χ2v) is 3.20. The van der Waals surface area contributed by atoms with E-state index in [1.54, 1.807) is 6.07 Å². The summed E-state index contributed by atoms with van der Waals surface area (Å²) in [5.74, 6) is -3.63. The van der Waals surface area contributed by atoms with Gasteiger partial charge in [-0.25, -0.2) is 17.9 Å². The molecule has 1 heterocycles. The fourth-order valence-electron chi connectivity index (χ4n) is 1.28. The first-order valence-electron chi connectivity index (χ1n) is 4.43. The summed E-state index contributed by atoms with van der Waals surface area (Å²) in [5, 5.41) is 12.3. The quantitative estimate of drug-likeness (QED) is 0.769. The fourth-order valence-corrected chi connectivity index (χ4v) is 1.28. The average Bonchev–Trinajstić information content (AvgIpc) is 2.65. The number of aromatic nitrogens is 2. The zero-order valence-corrected chi connectivity index (χ0v) is 8.28. The molecule has 0 bridgehead atoms. The molecule has 7 heteroatoms. The number of rotatable bonds is 1. The minimum Gasteiger partial charge on any atom is -0.381 e. The Labute approximate surface area is 93.7 Å². The summed E-state index contributed by atoms with van der Waals surface area (Å²) in [6, 6.07) is 2.77. The van der Waals surface area contributed by atoms with Crippen LogP contribution in [0.3, 0.4) is 0 Å². The third-order valence-corrected chi connectivity index (χ3v) is 2.10. The zero-order chi connectivity index (χ0) is 12.6. The molecule has 2 rings (SSSR count). The molecular formula is C10H5F3N4. The number of nitrogens with two attached hydrogens (primary N) is 1. The first kappa shape index (κ1) is 11.0. The lowest BCUT2D eigenvalue weighted by Crippen LogP contribution is -2.01. The molecule has 0 unspecified atom stereocenters. The van der Waals surface area contributed by atoms with Gasteiger partial charge in [-0.3, -0.25) is 0 Å². The average molecular weight is 238 g/mol. The summed E-state index contributed by atoms with van der Waals surface area (Å²) in [5.41, 5.74) is 5.06. The van der Waals surface area contributed by atoms with Crippen molar-refractivity contribution < 1.29 is 13.2 Å². The molecule has 0 aliphatic rings. The van der Waals surface area contributed by atoms with Gasteiger partial charge in [0.15, 0.2) is 23.3 Å². The van der Waals surface area contributed by atoms with E-state index in [1.165, 1.54) is 0 Å². The number of benzene rings is 1. The highest BCUT2D eigenvalue weighted by molar-refractivity contribution is 5.49. The molecule has 0 aliphatic carbocycles. The van der Waals surface area contributed by atoms with Crippen LogP contribution >= 0.6 is 0 Å². The van der Waals surface area contributed by atoms with Crippen LogP contribution in [0.1, 0.15) is 5.56 Å². The standard InChI is InChI=1S/C10H5F3N4/c11-6-1-8(13)9(2-7(6)12)17-4-5(3-14)10(15)16-17/h1-2,4H,(H2,15,16). The SMILES string of the molecule is N#Cc1cn(-c2cc(F)c(F)cc2F)nc1N. The van der Waals surface area contributed by atoms with E-state index in [4.69, 9.17) is 11.0 Å². The van der Waals surface area contributed by atoms with E-state index in [9.17, 15) is 13.2 Å². The van der Waals surface area contributed by atoms with E-state index in [0.717, 1.165) is 10.9 Å². The predicted octanol–water partition coefficient (Wildman–Crippen LogP) is 1.74. The molecule has 0 spiro atoms. The van der Waals surface area contributed by atoms with Crippen molar-refractivity contribution in [1.82, 2.24) is 9.78 Å². The molecule has 2 N–H and O–H groups in total. The summed E-state index contributed by atoms with van der Waals surface area (Å²) in [7, 11) is 0. The molecule has 4 nitrogen and oxygen atoms in total. The van der Waals surface area contributed by atoms with E-state index < -0.39 is 17.5 Å². The number of halogens is 3. The van der Waals surface area contributed by atoms with Crippen molar-refractivity contribution in [1.29, 1.82) is 5.26 Å². The van der Waals surface area contributed by atoms with Gasteiger partial charge in [0.1, 0.15) is 17.3 Å². The van der Waals surface area contributed by atoms with Crippen LogP contribution in [-0.2, 0) is 0 Å². The summed E-state index contributed by atoms with van der Waals surface area (Å²) >= 11 is 0. The van der Waals surface area contributed by atoms with Gasteiger partial charge >= 0.3 is 0 Å². The Morgan fingerprint density at radius 1 is 1.18 bits per heavy atom. The van der Waals surface area contributed by atoms with Crippen LogP contribution < -0.4 is 5.73 Å². The van der Waals surface area contributed by atoms with Crippen molar-refractivity contribution in [3.8, 4) is 11.8 Å². The number of hydrogen-bond donors (Lipinski definition) is 1. The Bertz CT molecular complexity index is 627. The molecule has 0 amide bonds. The van der Waals surface area contributed by atoms with Gasteiger partial charge in [-0.1, -0.05) is 0 Å². The van der Waals surface area contributed by atoms with Gasteiger partial charge in [0.2, 0.25) is 0 Å². The molecule has 1 aromatic carbocycles. The molecule has 1 aromatic heterocycles. The molecular weight excluding hydrogens is 233 g/mol. The number of nitrogens with zero attached hydrogens (tertiary/aromatic N) is 3. The Hall–Kier alpha value is -2.49. The lowest BCUT2D eigenvalue weighted by atomic mass is 10.3. The first-order chi connectivity index (χ1) is 8.02. The van der Waals surface area contributed by atoms with Crippen molar-refractivity contribution in [2.24, 2.45) is 0 Å². The topological polar surface area (TPSA) is 67.6 Å². The number of anilines is 1. The van der Waals surface area contributed by atoms with Crippen LogP contribution in [0.25, 0.3) is 5.69 Å². The summed E-state index contributed by atoms with van der Waals surface area (Å²) in [6.07, 6.45) is 1.13. The monoisotopic (exact) mass is 238 g/mol. The van der Waals surface area contributed by atoms with Crippen molar-refractivity contribution >= 4 is 5.82 Å². The first-order valence-corrected chi connectivity index (χ1v) is 4.43. The minimum absolute atomic E-state index is 0.0223. The van der Waals surface area contributed by atoms with Crippen LogP contribution in [0.5, 0.6) is 0 Å². The molecule has 0 radical (unpaired) electrons. The van der Waals surface area contributed by atoms with Crippen LogP contribution in [0, 0.1) is 28.8 Å². The molecule has 17 heavy (non-hydrogen) atoms. The molecule has 2 aromatic rings. The lowest BCUT2D eigenvalue weighted by molar-refractivity contribution is 0.491. The van der Waals surface area contributed by atoms with Crippen molar-refractivity contribution in [2.75, 3.05) is 5.73 Å². The Balaban J connectivity index is 2.61. The zero-order valence-electron chi connectivity index (χ0n) is 8.28. The highest BCUT2D eigenvalue weighted by Gasteiger charge is 2.14. The van der Waals surface area contributed by atoms with E-state index in [0.29, 0.717) is 12.1 Å². The predicted molar refractivity (Wildman–Crippen MR) is 52.6 cm³/mol. The summed E-state index contributed by atoms with van der Waals surface area (Å²) in [6.45, 7) is 0. The number of hydrogen-bond acceptors (Lipinski definition) is 3. The molecule has 0 saturated heterocycles.